The largest absolute Gasteiger partial charge is 0.489 e. The van der Waals surface area contributed by atoms with Crippen LogP contribution in [0, 0.1) is 0 Å². The average Bonchev–Trinajstić information content (AvgIpc) is 2.42. The monoisotopic (exact) mass is 271 g/mol. The van der Waals surface area contributed by atoms with Crippen molar-refractivity contribution in [2.24, 2.45) is 0 Å². The molecule has 0 unspecified atom stereocenters. The molecule has 2 rings (SSSR count). The van der Waals surface area contributed by atoms with Crippen LogP contribution in [0.15, 0.2) is 42.6 Å². The Morgan fingerprint density at radius 1 is 1.25 bits per heavy atom. The fourth-order valence-electron chi connectivity index (χ4n) is 1.94. The molecule has 4 heteroatoms. The predicted molar refractivity (Wildman–Crippen MR) is 83.0 cm³/mol. The van der Waals surface area contributed by atoms with Crippen LogP contribution in [-0.2, 0) is 6.54 Å². The molecular weight excluding hydrogens is 250 g/mol. The van der Waals surface area contributed by atoms with Gasteiger partial charge in [0.25, 0.3) is 0 Å². The summed E-state index contributed by atoms with van der Waals surface area (Å²) in [4.78, 5) is 6.45. The molecule has 0 spiro atoms. The van der Waals surface area contributed by atoms with Crippen molar-refractivity contribution in [3.63, 3.8) is 0 Å². The molecular formula is C16H21N3O. The van der Waals surface area contributed by atoms with Crippen molar-refractivity contribution in [3.05, 3.63) is 48.3 Å². The van der Waals surface area contributed by atoms with E-state index < -0.39 is 0 Å². The third kappa shape index (κ3) is 3.63. The zero-order chi connectivity index (χ0) is 14.5. The summed E-state index contributed by atoms with van der Waals surface area (Å²) in [5.41, 5.74) is 8.68. The van der Waals surface area contributed by atoms with Gasteiger partial charge in [-0.1, -0.05) is 6.07 Å². The number of rotatable bonds is 5. The topological polar surface area (TPSA) is 51.4 Å². The van der Waals surface area contributed by atoms with E-state index in [0.29, 0.717) is 5.69 Å². The molecule has 0 saturated heterocycles. The molecule has 0 atom stereocenters. The summed E-state index contributed by atoms with van der Waals surface area (Å²) < 4.78 is 5.72. The smallest absolute Gasteiger partial charge is 0.144 e. The molecule has 4 nitrogen and oxygen atoms in total. The van der Waals surface area contributed by atoms with Gasteiger partial charge in [-0.3, -0.25) is 4.98 Å². The third-order valence-electron chi connectivity index (χ3n) is 2.93. The lowest BCUT2D eigenvalue weighted by atomic mass is 10.2. The minimum atomic E-state index is 0.105. The molecule has 0 aliphatic carbocycles. The van der Waals surface area contributed by atoms with E-state index in [0.717, 1.165) is 23.7 Å². The molecule has 1 aromatic heterocycles. The summed E-state index contributed by atoms with van der Waals surface area (Å²) in [5.74, 6) is 0.727. The summed E-state index contributed by atoms with van der Waals surface area (Å²) in [7, 11) is 2.03. The van der Waals surface area contributed by atoms with Gasteiger partial charge in [-0.05, 0) is 38.1 Å². The predicted octanol–water partition coefficient (Wildman–Crippen LogP) is 3.09. The minimum Gasteiger partial charge on any atom is -0.489 e. The van der Waals surface area contributed by atoms with Crippen LogP contribution in [0.2, 0.25) is 0 Å². The van der Waals surface area contributed by atoms with Crippen molar-refractivity contribution in [1.29, 1.82) is 0 Å². The van der Waals surface area contributed by atoms with Gasteiger partial charge in [-0.2, -0.15) is 0 Å². The molecule has 0 bridgehead atoms. The standard InChI is InChI=1S/C16H21N3O/c1-12(2)20-16-10-14(7-8-15(16)17)19(3)11-13-6-4-5-9-18-13/h4-10,12H,11,17H2,1-3H3. The summed E-state index contributed by atoms with van der Waals surface area (Å²) in [6.07, 6.45) is 1.91. The van der Waals surface area contributed by atoms with Gasteiger partial charge < -0.3 is 15.4 Å². The Kier molecular flexibility index (Phi) is 4.45. The normalized spacial score (nSPS) is 10.6. The number of benzene rings is 1. The molecule has 0 aliphatic rings. The molecule has 0 radical (unpaired) electrons. The van der Waals surface area contributed by atoms with Crippen molar-refractivity contribution in [3.8, 4) is 5.75 Å². The number of nitrogens with two attached hydrogens (primary N) is 1. The van der Waals surface area contributed by atoms with Crippen LogP contribution in [0.1, 0.15) is 19.5 Å². The van der Waals surface area contributed by atoms with Crippen molar-refractivity contribution >= 4 is 11.4 Å². The maximum atomic E-state index is 5.93. The second kappa shape index (κ2) is 6.28. The molecule has 2 aromatic rings. The third-order valence-corrected chi connectivity index (χ3v) is 2.93. The lowest BCUT2D eigenvalue weighted by Gasteiger charge is -2.21. The molecule has 1 heterocycles. The number of ether oxygens (including phenoxy) is 1. The number of pyridine rings is 1. The van der Waals surface area contributed by atoms with Crippen molar-refractivity contribution in [2.45, 2.75) is 26.5 Å². The SMILES string of the molecule is CC(C)Oc1cc(N(C)Cc2ccccn2)ccc1N. The Hall–Kier alpha value is -2.23. The van der Waals surface area contributed by atoms with Gasteiger partial charge in [0.1, 0.15) is 5.75 Å². The van der Waals surface area contributed by atoms with Gasteiger partial charge in [0.2, 0.25) is 0 Å². The lowest BCUT2D eigenvalue weighted by Crippen LogP contribution is -2.17. The van der Waals surface area contributed by atoms with E-state index in [2.05, 4.69) is 9.88 Å². The van der Waals surface area contributed by atoms with E-state index in [4.69, 9.17) is 10.5 Å². The molecule has 0 fully saturated rings. The van der Waals surface area contributed by atoms with Crippen molar-refractivity contribution in [1.82, 2.24) is 4.98 Å². The highest BCUT2D eigenvalue weighted by Crippen LogP contribution is 2.28. The van der Waals surface area contributed by atoms with Crippen LogP contribution in [0.25, 0.3) is 0 Å². The van der Waals surface area contributed by atoms with Gasteiger partial charge in [-0.25, -0.2) is 0 Å². The minimum absolute atomic E-state index is 0.105. The highest BCUT2D eigenvalue weighted by Gasteiger charge is 2.08. The number of hydrogen-bond donors (Lipinski definition) is 1. The first kappa shape index (κ1) is 14.2. The first-order valence-electron chi connectivity index (χ1n) is 6.73. The summed E-state index contributed by atoms with van der Waals surface area (Å²) in [5, 5.41) is 0. The Morgan fingerprint density at radius 2 is 2.05 bits per heavy atom. The van der Waals surface area contributed by atoms with Crippen LogP contribution >= 0.6 is 0 Å². The Labute approximate surface area is 120 Å². The second-order valence-corrected chi connectivity index (χ2v) is 5.07. The quantitative estimate of drug-likeness (QED) is 0.849. The number of nitrogen functional groups attached to an aromatic ring is 1. The summed E-state index contributed by atoms with van der Waals surface area (Å²) in [6, 6.07) is 11.8. The molecule has 106 valence electrons. The Balaban J connectivity index is 2.15. The van der Waals surface area contributed by atoms with E-state index in [-0.39, 0.29) is 6.10 Å². The van der Waals surface area contributed by atoms with E-state index >= 15 is 0 Å². The van der Waals surface area contributed by atoms with Crippen LogP contribution in [0.5, 0.6) is 5.75 Å². The number of anilines is 2. The van der Waals surface area contributed by atoms with E-state index in [1.165, 1.54) is 0 Å². The molecule has 20 heavy (non-hydrogen) atoms. The highest BCUT2D eigenvalue weighted by atomic mass is 16.5. The number of aromatic nitrogens is 1. The zero-order valence-electron chi connectivity index (χ0n) is 12.2. The first-order valence-corrected chi connectivity index (χ1v) is 6.73. The van der Waals surface area contributed by atoms with Gasteiger partial charge in [0.15, 0.2) is 0 Å². The van der Waals surface area contributed by atoms with Gasteiger partial charge in [0, 0.05) is 25.0 Å². The fraction of sp³-hybridized carbons (Fsp3) is 0.312. The first-order chi connectivity index (χ1) is 9.56. The molecule has 0 saturated carbocycles. The second-order valence-electron chi connectivity index (χ2n) is 5.07. The van der Waals surface area contributed by atoms with Crippen molar-refractivity contribution in [2.75, 3.05) is 17.7 Å². The van der Waals surface area contributed by atoms with Crippen LogP contribution in [0.4, 0.5) is 11.4 Å². The van der Waals surface area contributed by atoms with Crippen LogP contribution < -0.4 is 15.4 Å². The number of hydrogen-bond acceptors (Lipinski definition) is 4. The lowest BCUT2D eigenvalue weighted by molar-refractivity contribution is 0.244. The fourth-order valence-corrected chi connectivity index (χ4v) is 1.94. The molecule has 0 aliphatic heterocycles. The van der Waals surface area contributed by atoms with E-state index in [1.54, 1.807) is 6.20 Å². The van der Waals surface area contributed by atoms with Gasteiger partial charge in [-0.15, -0.1) is 0 Å². The van der Waals surface area contributed by atoms with Crippen molar-refractivity contribution < 1.29 is 4.74 Å². The molecule has 2 N–H and O–H groups in total. The van der Waals surface area contributed by atoms with Crippen LogP contribution in [0.3, 0.4) is 0 Å². The zero-order valence-corrected chi connectivity index (χ0v) is 12.2. The molecule has 1 aromatic carbocycles. The van der Waals surface area contributed by atoms with Gasteiger partial charge >= 0.3 is 0 Å². The van der Waals surface area contributed by atoms with Crippen LogP contribution in [-0.4, -0.2) is 18.1 Å². The maximum absolute atomic E-state index is 5.93. The van der Waals surface area contributed by atoms with Gasteiger partial charge in [0.05, 0.1) is 24.0 Å². The Morgan fingerprint density at radius 3 is 2.70 bits per heavy atom. The molecule has 0 amide bonds. The Bertz CT molecular complexity index is 555. The maximum Gasteiger partial charge on any atom is 0.144 e. The van der Waals surface area contributed by atoms with E-state index in [9.17, 15) is 0 Å². The summed E-state index contributed by atoms with van der Waals surface area (Å²) >= 11 is 0. The number of nitrogens with zero attached hydrogens (tertiary/aromatic N) is 2. The average molecular weight is 271 g/mol. The van der Waals surface area contributed by atoms with E-state index in [1.807, 2.05) is 57.3 Å². The highest BCUT2D eigenvalue weighted by molar-refractivity contribution is 5.62. The summed E-state index contributed by atoms with van der Waals surface area (Å²) in [6.45, 7) is 4.72.